The number of rotatable bonds is 4. The molecule has 3 fully saturated rings. The number of carbonyl (C=O) groups excluding carboxylic acids is 3. The Morgan fingerprint density at radius 2 is 1.62 bits per heavy atom. The number of imide groups is 1. The molecule has 0 N–H and O–H groups in total. The fourth-order valence-electron chi connectivity index (χ4n) is 6.23. The lowest BCUT2D eigenvalue weighted by molar-refractivity contribution is -0.125. The predicted octanol–water partition coefficient (Wildman–Crippen LogP) is 3.07. The van der Waals surface area contributed by atoms with Gasteiger partial charge in [-0.1, -0.05) is 5.16 Å². The number of oxime groups is 1. The molecule has 7 nitrogen and oxygen atoms in total. The molecular formula is C25H22N2O5. The molecule has 6 rings (SSSR count). The van der Waals surface area contributed by atoms with Gasteiger partial charge in [0, 0.05) is 23.0 Å². The van der Waals surface area contributed by atoms with Gasteiger partial charge in [-0.3, -0.25) is 19.3 Å². The zero-order chi connectivity index (χ0) is 22.1. The number of carbonyl (C=O) groups is 3. The Bertz CT molecular complexity index is 1170. The summed E-state index contributed by atoms with van der Waals surface area (Å²) in [5, 5.41) is 4.38. The number of ketones is 1. The number of fused-ring (bicyclic) bond motifs is 8. The van der Waals surface area contributed by atoms with Gasteiger partial charge in [0.05, 0.1) is 30.3 Å². The molecule has 2 aliphatic carbocycles. The van der Waals surface area contributed by atoms with Gasteiger partial charge in [0.15, 0.2) is 5.78 Å². The molecule has 0 spiro atoms. The number of Topliss-reactive ketones (excluding diaryl/α,β-unsaturated/α-hetero) is 1. The van der Waals surface area contributed by atoms with E-state index in [0.717, 1.165) is 23.4 Å². The van der Waals surface area contributed by atoms with E-state index in [4.69, 9.17) is 9.57 Å². The van der Waals surface area contributed by atoms with Crippen LogP contribution in [-0.2, 0) is 14.4 Å². The average Bonchev–Trinajstić information content (AvgIpc) is 3.54. The second-order valence-corrected chi connectivity index (χ2v) is 9.03. The summed E-state index contributed by atoms with van der Waals surface area (Å²) < 4.78 is 5.25. The highest BCUT2D eigenvalue weighted by Gasteiger charge is 2.70. The Morgan fingerprint density at radius 1 is 0.969 bits per heavy atom. The number of hydrogen-bond donors (Lipinski definition) is 0. The van der Waals surface area contributed by atoms with E-state index in [2.05, 4.69) is 5.16 Å². The molecule has 2 aromatic rings. The van der Waals surface area contributed by atoms with Crippen LogP contribution in [0.25, 0.3) is 0 Å². The quantitative estimate of drug-likeness (QED) is 0.550. The van der Waals surface area contributed by atoms with Crippen molar-refractivity contribution in [2.24, 2.45) is 34.7 Å². The van der Waals surface area contributed by atoms with E-state index in [-0.39, 0.29) is 53.3 Å². The number of hydrogen-bond acceptors (Lipinski definition) is 6. The van der Waals surface area contributed by atoms with E-state index in [0.29, 0.717) is 11.3 Å². The summed E-state index contributed by atoms with van der Waals surface area (Å²) in [4.78, 5) is 45.5. The van der Waals surface area contributed by atoms with E-state index in [1.54, 1.807) is 31.4 Å². The van der Waals surface area contributed by atoms with Crippen molar-refractivity contribution in [3.63, 3.8) is 0 Å². The lowest BCUT2D eigenvalue weighted by atomic mass is 9.71. The molecule has 7 heteroatoms. The van der Waals surface area contributed by atoms with Gasteiger partial charge in [-0.05, 0) is 67.8 Å². The minimum Gasteiger partial charge on any atom is -0.497 e. The van der Waals surface area contributed by atoms with E-state index < -0.39 is 0 Å². The Morgan fingerprint density at radius 3 is 2.25 bits per heavy atom. The minimum absolute atomic E-state index is 0.00596. The highest BCUT2D eigenvalue weighted by molar-refractivity contribution is 6.23. The first-order chi connectivity index (χ1) is 15.5. The lowest BCUT2D eigenvalue weighted by Crippen LogP contribution is -2.41. The Balaban J connectivity index is 1.30. The molecule has 4 aliphatic rings. The number of benzene rings is 2. The van der Waals surface area contributed by atoms with Gasteiger partial charge in [-0.15, -0.1) is 0 Å². The zero-order valence-electron chi connectivity index (χ0n) is 17.7. The zero-order valence-corrected chi connectivity index (χ0v) is 17.7. The monoisotopic (exact) mass is 430 g/mol. The lowest BCUT2D eigenvalue weighted by Gasteiger charge is -2.29. The first kappa shape index (κ1) is 19.2. The fraction of sp³-hybridized carbons (Fsp3) is 0.360. The average molecular weight is 430 g/mol. The highest BCUT2D eigenvalue weighted by Crippen LogP contribution is 2.62. The van der Waals surface area contributed by atoms with Crippen LogP contribution in [0.15, 0.2) is 53.7 Å². The third kappa shape index (κ3) is 2.48. The summed E-state index contributed by atoms with van der Waals surface area (Å²) in [6.45, 7) is 1.49. The van der Waals surface area contributed by atoms with Crippen LogP contribution >= 0.6 is 0 Å². The molecule has 2 heterocycles. The summed E-state index contributed by atoms with van der Waals surface area (Å²) in [7, 11) is 1.62. The van der Waals surface area contributed by atoms with Crippen LogP contribution in [0.4, 0.5) is 5.69 Å². The summed E-state index contributed by atoms with van der Waals surface area (Å²) in [5.74, 6) is -0.319. The summed E-state index contributed by atoms with van der Waals surface area (Å²) in [6, 6.07) is 14.4. The van der Waals surface area contributed by atoms with Crippen molar-refractivity contribution in [3.05, 3.63) is 59.7 Å². The third-order valence-electron chi connectivity index (χ3n) is 7.61. The standard InChI is InChI=1S/C25H22N2O5/c1-12(28)13-3-7-15(8-4-13)27-24(29)19-17-11-18(20(19)25(27)30)23-21(17)22(26-32-23)14-5-9-16(31-2)10-6-14/h3-10,17-21,23H,11H2,1-2H3/t17-,18+,19+,20+,21+,23-/m1/s1. The molecule has 2 amide bonds. The number of ether oxygens (including phenoxy) is 1. The van der Waals surface area contributed by atoms with E-state index >= 15 is 0 Å². The Kier molecular flexibility index (Phi) is 4.06. The molecule has 0 radical (unpaired) electrons. The second-order valence-electron chi connectivity index (χ2n) is 9.03. The molecule has 1 saturated heterocycles. The normalized spacial score (nSPS) is 31.9. The number of nitrogens with zero attached hydrogens (tertiary/aromatic N) is 2. The number of methoxy groups -OCH3 is 1. The van der Waals surface area contributed by atoms with Crippen LogP contribution < -0.4 is 9.64 Å². The van der Waals surface area contributed by atoms with Crippen molar-refractivity contribution < 1.29 is 24.0 Å². The molecule has 2 aliphatic heterocycles. The maximum Gasteiger partial charge on any atom is 0.238 e. The molecule has 0 aromatic heterocycles. The molecule has 2 aromatic carbocycles. The topological polar surface area (TPSA) is 85.3 Å². The molecule has 2 bridgehead atoms. The minimum atomic E-state index is -0.369. The molecule has 162 valence electrons. The SMILES string of the molecule is COc1ccc(C2=NO[C@@H]3[C@H]4C[C@@H]([C@@H]23)[C@@H]2C(=O)N(c3ccc(C(C)=O)cc3)C(=O)[C@@H]42)cc1. The van der Waals surface area contributed by atoms with Crippen molar-refractivity contribution in [2.45, 2.75) is 19.4 Å². The maximum absolute atomic E-state index is 13.5. The summed E-state index contributed by atoms with van der Waals surface area (Å²) in [5.41, 5.74) is 2.88. The van der Waals surface area contributed by atoms with Gasteiger partial charge in [-0.25, -0.2) is 0 Å². The number of amides is 2. The Hall–Kier alpha value is -3.48. The van der Waals surface area contributed by atoms with Crippen molar-refractivity contribution >= 4 is 29.0 Å². The van der Waals surface area contributed by atoms with E-state index in [1.807, 2.05) is 24.3 Å². The second kappa shape index (κ2) is 6.76. The Labute approximate surface area is 185 Å². The molecule has 32 heavy (non-hydrogen) atoms. The van der Waals surface area contributed by atoms with E-state index in [1.165, 1.54) is 11.8 Å². The van der Waals surface area contributed by atoms with Crippen LogP contribution in [-0.4, -0.2) is 36.5 Å². The molecular weight excluding hydrogens is 408 g/mol. The van der Waals surface area contributed by atoms with Crippen LogP contribution in [0, 0.1) is 29.6 Å². The van der Waals surface area contributed by atoms with Crippen LogP contribution in [0.2, 0.25) is 0 Å². The van der Waals surface area contributed by atoms with Crippen molar-refractivity contribution in [1.29, 1.82) is 0 Å². The first-order valence-electron chi connectivity index (χ1n) is 10.9. The molecule has 2 saturated carbocycles. The van der Waals surface area contributed by atoms with Crippen molar-refractivity contribution in [2.75, 3.05) is 12.0 Å². The van der Waals surface area contributed by atoms with Crippen LogP contribution in [0.5, 0.6) is 5.75 Å². The number of anilines is 1. The largest absolute Gasteiger partial charge is 0.497 e. The van der Waals surface area contributed by atoms with Gasteiger partial charge in [-0.2, -0.15) is 0 Å². The fourth-order valence-corrected chi connectivity index (χ4v) is 6.23. The summed E-state index contributed by atoms with van der Waals surface area (Å²) >= 11 is 0. The highest BCUT2D eigenvalue weighted by atomic mass is 16.6. The van der Waals surface area contributed by atoms with Crippen LogP contribution in [0.1, 0.15) is 29.3 Å². The van der Waals surface area contributed by atoms with Gasteiger partial charge in [0.1, 0.15) is 11.9 Å². The first-order valence-corrected chi connectivity index (χ1v) is 10.9. The predicted molar refractivity (Wildman–Crippen MR) is 115 cm³/mol. The van der Waals surface area contributed by atoms with Gasteiger partial charge < -0.3 is 9.57 Å². The van der Waals surface area contributed by atoms with Crippen LogP contribution in [0.3, 0.4) is 0 Å². The van der Waals surface area contributed by atoms with Gasteiger partial charge in [0.2, 0.25) is 11.8 Å². The van der Waals surface area contributed by atoms with Gasteiger partial charge >= 0.3 is 0 Å². The summed E-state index contributed by atoms with van der Waals surface area (Å²) in [6.07, 6.45) is 0.629. The van der Waals surface area contributed by atoms with E-state index in [9.17, 15) is 14.4 Å². The van der Waals surface area contributed by atoms with Crippen molar-refractivity contribution in [1.82, 2.24) is 0 Å². The smallest absolute Gasteiger partial charge is 0.238 e. The maximum atomic E-state index is 13.5. The van der Waals surface area contributed by atoms with Crippen molar-refractivity contribution in [3.8, 4) is 5.75 Å². The third-order valence-corrected chi connectivity index (χ3v) is 7.61. The van der Waals surface area contributed by atoms with Gasteiger partial charge in [0.25, 0.3) is 0 Å². The molecule has 6 atom stereocenters. The molecule has 0 unspecified atom stereocenters.